The lowest BCUT2D eigenvalue weighted by Gasteiger charge is -2.45. The smallest absolute Gasteiger partial charge is 0.320 e. The molecule has 28 heteroatoms. The summed E-state index contributed by atoms with van der Waals surface area (Å²) in [5, 5.41) is 0. The van der Waals surface area contributed by atoms with E-state index in [1.165, 1.54) is 0 Å². The highest BCUT2D eigenvalue weighted by molar-refractivity contribution is 6.93. The van der Waals surface area contributed by atoms with Crippen LogP contribution >= 0.6 is 0 Å². The lowest BCUT2D eigenvalue weighted by atomic mass is 10.6. The second-order valence-electron chi connectivity index (χ2n) is 25.1. The van der Waals surface area contributed by atoms with Gasteiger partial charge in [0.2, 0.25) is 0 Å². The summed E-state index contributed by atoms with van der Waals surface area (Å²) in [7, 11) is -35.2. The molecule has 64 heavy (non-hydrogen) atoms. The van der Waals surface area contributed by atoms with E-state index in [9.17, 15) is 9.59 Å². The van der Waals surface area contributed by atoms with Crippen molar-refractivity contribution in [3.63, 3.8) is 0 Å². The summed E-state index contributed by atoms with van der Waals surface area (Å²) >= 11 is 0. The van der Waals surface area contributed by atoms with Gasteiger partial charge in [0.1, 0.15) is 0 Å². The molecule has 1 radical (unpaired) electrons. The van der Waals surface area contributed by atoms with Gasteiger partial charge in [-0.25, -0.2) is 0 Å². The minimum Gasteiger partial charge on any atom is -0.437 e. The Bertz CT molecular complexity index is 1360. The quantitative estimate of drug-likeness (QED) is 0.0618. The Morgan fingerprint density at radius 1 is 0.281 bits per heavy atom. The SMILES string of the molecule is C[Si](C)O[Si](C)(C)O[Si](C)(C)O[Si](C)(C)CCC[Si](C)(O[Si](C)(C)O[Si](C)(C)CC[Si](C)(C)O[Si](C)(C)O[Si](C)(C)O)O[Si](C)(C)O[Si](C)(C)CC[Si](C)(C)O[Si](C)(C)O[Si](C)(C)O. The van der Waals surface area contributed by atoms with Gasteiger partial charge in [0.05, 0.1) is 0 Å². The maximum Gasteiger partial charge on any atom is 0.320 e. The first-order valence-electron chi connectivity index (χ1n) is 23.6. The van der Waals surface area contributed by atoms with Crippen LogP contribution in [0.4, 0.5) is 0 Å². The van der Waals surface area contributed by atoms with E-state index in [2.05, 4.69) is 164 Å². The first kappa shape index (κ1) is 66.7. The van der Waals surface area contributed by atoms with Gasteiger partial charge in [0.25, 0.3) is 0 Å². The van der Waals surface area contributed by atoms with Crippen LogP contribution < -0.4 is 0 Å². The minimum atomic E-state index is -2.90. The number of rotatable bonds is 32. The van der Waals surface area contributed by atoms with Crippen LogP contribution in [0.2, 0.25) is 226 Å². The highest BCUT2D eigenvalue weighted by Gasteiger charge is 2.50. The summed E-state index contributed by atoms with van der Waals surface area (Å²) < 4.78 is 75.0. The largest absolute Gasteiger partial charge is 0.437 e. The van der Waals surface area contributed by atoms with E-state index in [1.807, 2.05) is 0 Å². The molecule has 0 aliphatic rings. The number of hydrogen-bond donors (Lipinski definition) is 2. The predicted octanol–water partition coefficient (Wildman–Crippen LogP) is 12.5. The van der Waals surface area contributed by atoms with Crippen molar-refractivity contribution in [1.29, 1.82) is 0 Å². The lowest BCUT2D eigenvalue weighted by Crippen LogP contribution is -2.60. The molecule has 0 spiro atoms. The Morgan fingerprint density at radius 3 is 0.766 bits per heavy atom. The van der Waals surface area contributed by atoms with E-state index in [1.54, 1.807) is 26.2 Å². The molecule has 0 saturated carbocycles. The highest BCUT2D eigenvalue weighted by atomic mass is 28.5. The summed E-state index contributed by atoms with van der Waals surface area (Å²) in [4.78, 5) is 21.0. The van der Waals surface area contributed by atoms with Gasteiger partial charge in [-0.3, -0.25) is 0 Å². The van der Waals surface area contributed by atoms with Crippen LogP contribution in [0.15, 0.2) is 0 Å². The van der Waals surface area contributed by atoms with Crippen LogP contribution in [-0.2, 0) is 45.3 Å². The van der Waals surface area contributed by atoms with Gasteiger partial charge in [-0.15, -0.1) is 0 Å². The average Bonchev–Trinajstić information content (AvgIpc) is 2.87. The van der Waals surface area contributed by atoms with E-state index in [0.717, 1.165) is 42.7 Å². The summed E-state index contributed by atoms with van der Waals surface area (Å²) in [5.74, 6) is 0. The molecule has 0 aliphatic carbocycles. The monoisotopic (exact) mass is 1160 g/mol. The summed E-state index contributed by atoms with van der Waals surface area (Å²) in [5.41, 5.74) is 0. The van der Waals surface area contributed by atoms with Crippen molar-refractivity contribution in [1.82, 2.24) is 0 Å². The molecule has 0 fully saturated rings. The molecular weight excluding hydrogens is 1060 g/mol. The molecule has 0 rings (SSSR count). The highest BCUT2D eigenvalue weighted by Crippen LogP contribution is 2.36. The van der Waals surface area contributed by atoms with Crippen LogP contribution in [0.5, 0.6) is 0 Å². The van der Waals surface area contributed by atoms with E-state index in [4.69, 9.17) is 45.3 Å². The fourth-order valence-corrected chi connectivity index (χ4v) is 80.9. The van der Waals surface area contributed by atoms with Crippen molar-refractivity contribution in [2.45, 2.75) is 233 Å². The van der Waals surface area contributed by atoms with Crippen molar-refractivity contribution in [3.05, 3.63) is 0 Å². The van der Waals surface area contributed by atoms with Gasteiger partial charge < -0.3 is 54.9 Å². The van der Waals surface area contributed by atoms with Gasteiger partial charge in [-0.05, 0) is 226 Å². The van der Waals surface area contributed by atoms with Gasteiger partial charge in [0, 0.05) is 0 Å². The molecule has 13 nitrogen and oxygen atoms in total. The molecule has 0 aromatic heterocycles. The zero-order valence-electron chi connectivity index (χ0n) is 46.8. The fraction of sp³-hybridized carbons (Fsp3) is 1.00. The third-order valence-corrected chi connectivity index (χ3v) is 62.9. The average molecular weight is 1170 g/mol. The van der Waals surface area contributed by atoms with Gasteiger partial charge in [-0.2, -0.15) is 0 Å². The first-order chi connectivity index (χ1) is 27.6. The molecule has 2 N–H and O–H groups in total. The van der Waals surface area contributed by atoms with E-state index in [0.29, 0.717) is 0 Å². The minimum absolute atomic E-state index is 0.815. The lowest BCUT2D eigenvalue weighted by molar-refractivity contribution is 0.290. The molecule has 0 aliphatic heterocycles. The first-order valence-corrected chi connectivity index (χ1v) is 66.7. The third-order valence-electron chi connectivity index (χ3n) is 9.53. The Hall–Kier alpha value is 2.73. The Labute approximate surface area is 412 Å². The molecule has 0 aromatic rings. The van der Waals surface area contributed by atoms with Crippen LogP contribution in [0.3, 0.4) is 0 Å². The fourth-order valence-electron chi connectivity index (χ4n) is 9.20. The standard InChI is InChI=1S/C36H103O13Si15/c1-50(2)39-58(17,18)47-61(23,24)40-51(3,4)31-30-32-64(29,48-62(25,26)43-54(9,10)35-33-52(5,6)41-59(19,20)45-56(13,14)37)49-63(27,28)44-55(11,12)36-34-53(7,8)42-60(21,22)46-57(15,16)38/h37-38H,30-36H2,1-29H3. The topological polar surface area (TPSA) is 142 Å². The normalized spacial score (nSPS) is 15.8. The molecule has 0 atom stereocenters. The molecule has 0 unspecified atom stereocenters. The maximum absolute atomic E-state index is 10.5. The molecule has 0 bridgehead atoms. The summed E-state index contributed by atoms with van der Waals surface area (Å²) in [6.07, 6.45) is 0.927. The second kappa shape index (κ2) is 23.7. The van der Waals surface area contributed by atoms with Crippen molar-refractivity contribution >= 4 is 128 Å². The van der Waals surface area contributed by atoms with Gasteiger partial charge >= 0.3 is 77.0 Å². The van der Waals surface area contributed by atoms with Crippen molar-refractivity contribution in [3.8, 4) is 0 Å². The number of hydrogen-bond acceptors (Lipinski definition) is 13. The van der Waals surface area contributed by atoms with Crippen LogP contribution in [0.25, 0.3) is 0 Å². The van der Waals surface area contributed by atoms with Crippen molar-refractivity contribution in [2.24, 2.45) is 0 Å². The predicted molar refractivity (Wildman–Crippen MR) is 306 cm³/mol. The van der Waals surface area contributed by atoms with Crippen LogP contribution in [-0.4, -0.2) is 137 Å². The van der Waals surface area contributed by atoms with Gasteiger partial charge in [0.15, 0.2) is 50.6 Å². The molecule has 0 amide bonds. The van der Waals surface area contributed by atoms with E-state index in [-0.39, 0.29) is 0 Å². The van der Waals surface area contributed by atoms with Crippen LogP contribution in [0, 0.1) is 0 Å². The second-order valence-corrected chi connectivity index (χ2v) is 81.4. The Balaban J connectivity index is 6.43. The molecule has 385 valence electrons. The van der Waals surface area contributed by atoms with Crippen LogP contribution in [0.1, 0.15) is 6.42 Å². The summed E-state index contributed by atoms with van der Waals surface area (Å²) in [6, 6.07) is 5.59. The summed E-state index contributed by atoms with van der Waals surface area (Å²) in [6.45, 7) is 62.3. The van der Waals surface area contributed by atoms with E-state index >= 15 is 0 Å². The third kappa shape index (κ3) is 32.7. The van der Waals surface area contributed by atoms with Crippen molar-refractivity contribution in [2.75, 3.05) is 0 Å². The maximum atomic E-state index is 10.5. The molecular formula is C36H103O13Si15. The Morgan fingerprint density at radius 2 is 0.516 bits per heavy atom. The molecule has 0 aromatic carbocycles. The molecule has 0 heterocycles. The zero-order chi connectivity index (χ0) is 51.3. The van der Waals surface area contributed by atoms with E-state index < -0.39 is 128 Å². The van der Waals surface area contributed by atoms with Gasteiger partial charge in [-0.1, -0.05) is 6.42 Å². The zero-order valence-corrected chi connectivity index (χ0v) is 61.8. The Kier molecular flexibility index (Phi) is 24.7. The van der Waals surface area contributed by atoms with Crippen molar-refractivity contribution < 1.29 is 54.9 Å². The molecule has 0 saturated heterocycles.